The molecule has 0 saturated heterocycles. The molecule has 11 heavy (non-hydrogen) atoms. The second kappa shape index (κ2) is 6.69. The highest BCUT2D eigenvalue weighted by Crippen LogP contribution is 2.19. The van der Waals surface area contributed by atoms with E-state index in [0.717, 1.165) is 5.92 Å². The minimum Gasteiger partial charge on any atom is -0.0651 e. The lowest BCUT2D eigenvalue weighted by atomic mass is 9.92. The fourth-order valence-corrected chi connectivity index (χ4v) is 1.37. The largest absolute Gasteiger partial charge is 0.0651 e. The molecule has 0 aliphatic heterocycles. The van der Waals surface area contributed by atoms with E-state index in [1.807, 2.05) is 0 Å². The van der Waals surface area contributed by atoms with Gasteiger partial charge in [0.15, 0.2) is 0 Å². The first-order valence-electron chi connectivity index (χ1n) is 5.07. The maximum atomic E-state index is 4.10. The number of hydrogen-bond donors (Lipinski definition) is 0. The fourth-order valence-electron chi connectivity index (χ4n) is 1.37. The summed E-state index contributed by atoms with van der Waals surface area (Å²) >= 11 is 0. The third kappa shape index (κ3) is 5.29. The van der Waals surface area contributed by atoms with Crippen molar-refractivity contribution in [2.45, 2.75) is 52.9 Å². The van der Waals surface area contributed by atoms with Gasteiger partial charge in [0, 0.05) is 0 Å². The zero-order valence-corrected chi connectivity index (χ0v) is 8.40. The van der Waals surface area contributed by atoms with E-state index in [2.05, 4.69) is 27.7 Å². The Labute approximate surface area is 72.4 Å². The standard InChI is InChI=1S/C11H23/c1-5-10(4)8-9-11(6-2)7-3/h10-11H,4-9H2,1-3H3. The molecule has 0 N–H and O–H groups in total. The summed E-state index contributed by atoms with van der Waals surface area (Å²) in [5, 5.41) is 0. The normalized spacial score (nSPS) is 13.9. The van der Waals surface area contributed by atoms with Crippen LogP contribution in [-0.2, 0) is 0 Å². The molecule has 67 valence electrons. The molecule has 0 amide bonds. The Balaban J connectivity index is 3.34. The Bertz CT molecular complexity index is 72.1. The molecule has 0 saturated carbocycles. The Hall–Kier alpha value is 0. The van der Waals surface area contributed by atoms with Gasteiger partial charge in [0.05, 0.1) is 0 Å². The van der Waals surface area contributed by atoms with Crippen LogP contribution in [0.4, 0.5) is 0 Å². The van der Waals surface area contributed by atoms with Crippen molar-refractivity contribution >= 4 is 0 Å². The molecule has 0 aromatic rings. The van der Waals surface area contributed by atoms with Crippen molar-refractivity contribution in [1.29, 1.82) is 0 Å². The maximum Gasteiger partial charge on any atom is -0.0417 e. The smallest absolute Gasteiger partial charge is 0.0417 e. The lowest BCUT2D eigenvalue weighted by Crippen LogP contribution is -2.00. The molecule has 0 heteroatoms. The average molecular weight is 155 g/mol. The van der Waals surface area contributed by atoms with Gasteiger partial charge in [-0.05, 0) is 11.8 Å². The SMILES string of the molecule is [CH2]C(CC)CCC(CC)CC. The summed E-state index contributed by atoms with van der Waals surface area (Å²) in [7, 11) is 0. The molecule has 0 heterocycles. The monoisotopic (exact) mass is 155 g/mol. The van der Waals surface area contributed by atoms with Gasteiger partial charge in [0.25, 0.3) is 0 Å². The molecule has 1 radical (unpaired) electrons. The summed E-state index contributed by atoms with van der Waals surface area (Å²) in [6, 6.07) is 0. The van der Waals surface area contributed by atoms with E-state index >= 15 is 0 Å². The predicted molar refractivity (Wildman–Crippen MR) is 52.4 cm³/mol. The molecular formula is C11H23. The van der Waals surface area contributed by atoms with E-state index in [0.29, 0.717) is 5.92 Å². The molecule has 0 aliphatic carbocycles. The second-order valence-corrected chi connectivity index (χ2v) is 3.53. The molecule has 0 rings (SSSR count). The third-order valence-corrected chi connectivity index (χ3v) is 2.72. The summed E-state index contributed by atoms with van der Waals surface area (Å²) in [5.74, 6) is 1.64. The highest BCUT2D eigenvalue weighted by Gasteiger charge is 2.05. The van der Waals surface area contributed by atoms with E-state index in [1.165, 1.54) is 32.1 Å². The highest BCUT2D eigenvalue weighted by molar-refractivity contribution is 4.62. The quantitative estimate of drug-likeness (QED) is 0.542. The van der Waals surface area contributed by atoms with E-state index in [-0.39, 0.29) is 0 Å². The number of hydrogen-bond acceptors (Lipinski definition) is 0. The topological polar surface area (TPSA) is 0 Å². The summed E-state index contributed by atoms with van der Waals surface area (Å²) in [6.45, 7) is 10.9. The van der Waals surface area contributed by atoms with Crippen LogP contribution in [0.1, 0.15) is 52.9 Å². The molecule has 0 bridgehead atoms. The highest BCUT2D eigenvalue weighted by atomic mass is 14.1. The van der Waals surface area contributed by atoms with Crippen LogP contribution >= 0.6 is 0 Å². The van der Waals surface area contributed by atoms with E-state index in [9.17, 15) is 0 Å². The van der Waals surface area contributed by atoms with Crippen LogP contribution in [0.25, 0.3) is 0 Å². The Morgan fingerprint density at radius 3 is 1.82 bits per heavy atom. The molecule has 0 spiro atoms. The van der Waals surface area contributed by atoms with Crippen molar-refractivity contribution in [3.63, 3.8) is 0 Å². The van der Waals surface area contributed by atoms with Gasteiger partial charge in [-0.2, -0.15) is 0 Å². The third-order valence-electron chi connectivity index (χ3n) is 2.72. The molecular weight excluding hydrogens is 132 g/mol. The van der Waals surface area contributed by atoms with Gasteiger partial charge in [-0.1, -0.05) is 59.8 Å². The molecule has 1 atom stereocenters. The minimum atomic E-state index is 0.690. The summed E-state index contributed by atoms with van der Waals surface area (Å²) in [5.41, 5.74) is 0. The molecule has 1 unspecified atom stereocenters. The first kappa shape index (κ1) is 11.0. The van der Waals surface area contributed by atoms with Crippen LogP contribution in [0.15, 0.2) is 0 Å². The van der Waals surface area contributed by atoms with Crippen molar-refractivity contribution in [3.05, 3.63) is 6.92 Å². The van der Waals surface area contributed by atoms with Crippen LogP contribution in [0.3, 0.4) is 0 Å². The van der Waals surface area contributed by atoms with Gasteiger partial charge < -0.3 is 0 Å². The Kier molecular flexibility index (Phi) is 6.69. The first-order chi connectivity index (χ1) is 5.24. The molecule has 0 nitrogen and oxygen atoms in total. The molecule has 0 fully saturated rings. The van der Waals surface area contributed by atoms with Gasteiger partial charge in [0.2, 0.25) is 0 Å². The second-order valence-electron chi connectivity index (χ2n) is 3.53. The van der Waals surface area contributed by atoms with E-state index in [4.69, 9.17) is 0 Å². The molecule has 0 aromatic carbocycles. The lowest BCUT2D eigenvalue weighted by Gasteiger charge is -2.14. The Morgan fingerprint density at radius 1 is 0.909 bits per heavy atom. The van der Waals surface area contributed by atoms with Crippen molar-refractivity contribution < 1.29 is 0 Å². The minimum absolute atomic E-state index is 0.690. The van der Waals surface area contributed by atoms with E-state index < -0.39 is 0 Å². The predicted octanol–water partition coefficient (Wildman–Crippen LogP) is 4.06. The van der Waals surface area contributed by atoms with Crippen LogP contribution in [0.2, 0.25) is 0 Å². The summed E-state index contributed by atoms with van der Waals surface area (Å²) in [4.78, 5) is 0. The van der Waals surface area contributed by atoms with Crippen LogP contribution in [0, 0.1) is 18.8 Å². The zero-order chi connectivity index (χ0) is 8.69. The summed E-state index contributed by atoms with van der Waals surface area (Å²) in [6.07, 6.45) is 6.62. The van der Waals surface area contributed by atoms with Crippen LogP contribution < -0.4 is 0 Å². The van der Waals surface area contributed by atoms with Gasteiger partial charge in [-0.3, -0.25) is 0 Å². The van der Waals surface area contributed by atoms with Gasteiger partial charge in [0.1, 0.15) is 0 Å². The van der Waals surface area contributed by atoms with Crippen molar-refractivity contribution in [1.82, 2.24) is 0 Å². The average Bonchev–Trinajstić information content (AvgIpc) is 2.06. The first-order valence-corrected chi connectivity index (χ1v) is 5.07. The summed E-state index contributed by atoms with van der Waals surface area (Å²) < 4.78 is 0. The van der Waals surface area contributed by atoms with Gasteiger partial charge in [-0.15, -0.1) is 0 Å². The van der Waals surface area contributed by atoms with Gasteiger partial charge in [-0.25, -0.2) is 0 Å². The van der Waals surface area contributed by atoms with E-state index in [1.54, 1.807) is 0 Å². The van der Waals surface area contributed by atoms with Gasteiger partial charge >= 0.3 is 0 Å². The Morgan fingerprint density at radius 2 is 1.45 bits per heavy atom. The van der Waals surface area contributed by atoms with Crippen molar-refractivity contribution in [3.8, 4) is 0 Å². The zero-order valence-electron chi connectivity index (χ0n) is 8.40. The van der Waals surface area contributed by atoms with Crippen molar-refractivity contribution in [2.75, 3.05) is 0 Å². The van der Waals surface area contributed by atoms with Crippen molar-refractivity contribution in [2.24, 2.45) is 11.8 Å². The van der Waals surface area contributed by atoms with Crippen LogP contribution in [0.5, 0.6) is 0 Å². The molecule has 0 aliphatic rings. The lowest BCUT2D eigenvalue weighted by molar-refractivity contribution is 0.401. The number of rotatable bonds is 6. The maximum absolute atomic E-state index is 4.10. The molecule has 0 aromatic heterocycles. The fraction of sp³-hybridized carbons (Fsp3) is 0.909. The van der Waals surface area contributed by atoms with Crippen LogP contribution in [-0.4, -0.2) is 0 Å².